The second kappa shape index (κ2) is 8.04. The zero-order valence-electron chi connectivity index (χ0n) is 16.3. The number of hydrogen-bond donors (Lipinski definition) is 1. The van der Waals surface area contributed by atoms with E-state index >= 15 is 0 Å². The van der Waals surface area contributed by atoms with E-state index in [1.165, 1.54) is 31.7 Å². The molecule has 1 saturated heterocycles. The summed E-state index contributed by atoms with van der Waals surface area (Å²) in [5.41, 5.74) is 0.186. The van der Waals surface area contributed by atoms with Crippen molar-refractivity contribution in [2.24, 2.45) is 0 Å². The molecule has 1 aromatic heterocycles. The summed E-state index contributed by atoms with van der Waals surface area (Å²) >= 11 is 6.28. The van der Waals surface area contributed by atoms with Gasteiger partial charge in [-0.2, -0.15) is 0 Å². The largest absolute Gasteiger partial charge is 0.328 e. The van der Waals surface area contributed by atoms with Gasteiger partial charge in [0, 0.05) is 19.5 Å². The number of nitrogens with zero attached hydrogens (tertiary/aromatic N) is 4. The quantitative estimate of drug-likeness (QED) is 0.792. The Morgan fingerprint density at radius 2 is 2.00 bits per heavy atom. The maximum atomic E-state index is 13.3. The summed E-state index contributed by atoms with van der Waals surface area (Å²) < 4.78 is 28.7. The highest BCUT2D eigenvalue weighted by atomic mass is 35.5. The molecule has 8 nitrogen and oxygen atoms in total. The number of halogens is 1. The van der Waals surface area contributed by atoms with Crippen molar-refractivity contribution >= 4 is 27.5 Å². The molecule has 2 aromatic rings. The molecule has 1 aromatic carbocycles. The average Bonchev–Trinajstić information content (AvgIpc) is 3.28. The maximum Gasteiger partial charge on any atom is 0.256 e. The second-order valence-corrected chi connectivity index (χ2v) is 9.74. The zero-order chi connectivity index (χ0) is 20.6. The lowest BCUT2D eigenvalue weighted by Crippen LogP contribution is -2.32. The van der Waals surface area contributed by atoms with E-state index < -0.39 is 10.0 Å². The average molecular weight is 438 g/mol. The minimum atomic E-state index is -3.67. The van der Waals surface area contributed by atoms with Crippen LogP contribution in [0.1, 0.15) is 60.2 Å². The van der Waals surface area contributed by atoms with E-state index in [2.05, 4.69) is 19.5 Å². The van der Waals surface area contributed by atoms with E-state index in [1.807, 2.05) is 0 Å². The lowest BCUT2D eigenvalue weighted by molar-refractivity contribution is 0.0727. The summed E-state index contributed by atoms with van der Waals surface area (Å²) in [6.07, 6.45) is 5.91. The second-order valence-electron chi connectivity index (χ2n) is 7.44. The molecule has 4 rings (SSSR count). The van der Waals surface area contributed by atoms with Crippen LogP contribution in [0.2, 0.25) is 5.02 Å². The van der Waals surface area contributed by atoms with E-state index in [9.17, 15) is 13.2 Å². The number of hydrogen-bond acceptors (Lipinski definition) is 5. The Morgan fingerprint density at radius 1 is 1.17 bits per heavy atom. The van der Waals surface area contributed by atoms with Crippen molar-refractivity contribution in [2.75, 3.05) is 13.6 Å². The third-order valence-corrected chi connectivity index (χ3v) is 7.44. The Morgan fingerprint density at radius 3 is 2.79 bits per heavy atom. The predicted octanol–water partition coefficient (Wildman–Crippen LogP) is 2.54. The van der Waals surface area contributed by atoms with Crippen molar-refractivity contribution < 1.29 is 13.2 Å². The van der Waals surface area contributed by atoms with Crippen molar-refractivity contribution in [3.63, 3.8) is 0 Å². The summed E-state index contributed by atoms with van der Waals surface area (Å²) in [6, 6.07) is 4.01. The number of carbonyl (C=O) groups is 1. The van der Waals surface area contributed by atoms with Crippen molar-refractivity contribution in [3.05, 3.63) is 40.4 Å². The SMILES string of the molecule is CNS(=O)(=O)c1ccc(Cl)c(C(=O)N2CCCC2c2nnc3n2CCCCC3)c1. The standard InChI is InChI=1S/C19H24ClN5O3S/c1-21-29(27,28)13-8-9-15(20)14(12-13)19(26)24-11-5-6-16(24)18-23-22-17-7-3-2-4-10-25(17)18/h8-9,12,16,21H,2-7,10-11H2,1H3. The Bertz CT molecular complexity index is 1040. The molecule has 1 amide bonds. The molecule has 3 heterocycles. The van der Waals surface area contributed by atoms with Crippen molar-refractivity contribution in [1.29, 1.82) is 0 Å². The number of aromatic nitrogens is 3. The Labute approximate surface area is 175 Å². The molecule has 29 heavy (non-hydrogen) atoms. The molecule has 0 bridgehead atoms. The van der Waals surface area contributed by atoms with Crippen LogP contribution in [0.5, 0.6) is 0 Å². The lowest BCUT2D eigenvalue weighted by Gasteiger charge is -2.25. The van der Waals surface area contributed by atoms with Crippen LogP contribution in [-0.2, 0) is 23.0 Å². The first-order chi connectivity index (χ1) is 13.9. The van der Waals surface area contributed by atoms with Gasteiger partial charge in [0.25, 0.3) is 5.91 Å². The molecule has 0 spiro atoms. The number of rotatable bonds is 4. The van der Waals surface area contributed by atoms with Crippen molar-refractivity contribution in [2.45, 2.75) is 56.0 Å². The van der Waals surface area contributed by atoms with E-state index in [0.29, 0.717) is 6.54 Å². The van der Waals surface area contributed by atoms with Crippen LogP contribution in [0.3, 0.4) is 0 Å². The molecule has 0 radical (unpaired) electrons. The Hall–Kier alpha value is -1.97. The smallest absolute Gasteiger partial charge is 0.256 e. The maximum absolute atomic E-state index is 13.3. The van der Waals surface area contributed by atoms with Gasteiger partial charge in [0.05, 0.1) is 21.5 Å². The van der Waals surface area contributed by atoms with E-state index in [4.69, 9.17) is 11.6 Å². The number of sulfonamides is 1. The van der Waals surface area contributed by atoms with Gasteiger partial charge in [-0.1, -0.05) is 18.0 Å². The van der Waals surface area contributed by atoms with Gasteiger partial charge in [-0.15, -0.1) is 10.2 Å². The molecule has 156 valence electrons. The van der Waals surface area contributed by atoms with Gasteiger partial charge in [0.2, 0.25) is 10.0 Å². The number of carbonyl (C=O) groups excluding carboxylic acids is 1. The topological polar surface area (TPSA) is 97.2 Å². The van der Waals surface area contributed by atoms with E-state index in [0.717, 1.165) is 50.3 Å². The van der Waals surface area contributed by atoms with Crippen molar-refractivity contribution in [3.8, 4) is 0 Å². The predicted molar refractivity (Wildman–Crippen MR) is 108 cm³/mol. The van der Waals surface area contributed by atoms with Crippen LogP contribution >= 0.6 is 11.6 Å². The first-order valence-corrected chi connectivity index (χ1v) is 11.7. The third kappa shape index (κ3) is 3.78. The van der Waals surface area contributed by atoms with Crippen LogP contribution < -0.4 is 4.72 Å². The van der Waals surface area contributed by atoms with Crippen molar-refractivity contribution in [1.82, 2.24) is 24.4 Å². The normalized spacial score (nSPS) is 19.8. The number of benzene rings is 1. The van der Waals surface area contributed by atoms with E-state index in [1.54, 1.807) is 4.90 Å². The molecule has 1 atom stereocenters. The van der Waals surface area contributed by atoms with Crippen LogP contribution in [0.25, 0.3) is 0 Å². The monoisotopic (exact) mass is 437 g/mol. The highest BCUT2D eigenvalue weighted by molar-refractivity contribution is 7.89. The van der Waals surface area contributed by atoms with Crippen LogP contribution in [0.15, 0.2) is 23.1 Å². The third-order valence-electron chi connectivity index (χ3n) is 5.70. The van der Waals surface area contributed by atoms with Gasteiger partial charge in [-0.25, -0.2) is 13.1 Å². The van der Waals surface area contributed by atoms with Gasteiger partial charge in [0.15, 0.2) is 5.82 Å². The summed E-state index contributed by atoms with van der Waals surface area (Å²) in [4.78, 5) is 15.1. The van der Waals surface area contributed by atoms with Crippen LogP contribution in [0, 0.1) is 0 Å². The van der Waals surface area contributed by atoms with Crippen LogP contribution in [0.4, 0.5) is 0 Å². The first-order valence-electron chi connectivity index (χ1n) is 9.88. The summed E-state index contributed by atoms with van der Waals surface area (Å²) in [5.74, 6) is 1.52. The number of fused-ring (bicyclic) bond motifs is 1. The van der Waals surface area contributed by atoms with Gasteiger partial charge in [-0.05, 0) is 50.9 Å². The first kappa shape index (κ1) is 20.3. The van der Waals surface area contributed by atoms with Gasteiger partial charge >= 0.3 is 0 Å². The molecule has 10 heteroatoms. The number of amides is 1. The fraction of sp³-hybridized carbons (Fsp3) is 0.526. The Kier molecular flexibility index (Phi) is 5.63. The molecule has 1 fully saturated rings. The lowest BCUT2D eigenvalue weighted by atomic mass is 10.1. The molecule has 0 aliphatic carbocycles. The summed E-state index contributed by atoms with van der Waals surface area (Å²) in [6.45, 7) is 1.44. The minimum Gasteiger partial charge on any atom is -0.328 e. The van der Waals surface area contributed by atoms with Crippen LogP contribution in [-0.4, -0.2) is 47.6 Å². The fourth-order valence-electron chi connectivity index (χ4n) is 4.14. The fourth-order valence-corrected chi connectivity index (χ4v) is 5.09. The molecule has 1 N–H and O–H groups in total. The summed E-state index contributed by atoms with van der Waals surface area (Å²) in [5, 5.41) is 9.02. The number of likely N-dealkylation sites (tertiary alicyclic amines) is 1. The van der Waals surface area contributed by atoms with Gasteiger partial charge in [-0.3, -0.25) is 4.79 Å². The Balaban J connectivity index is 1.68. The zero-order valence-corrected chi connectivity index (χ0v) is 17.8. The van der Waals surface area contributed by atoms with E-state index in [-0.39, 0.29) is 27.4 Å². The van der Waals surface area contributed by atoms with Gasteiger partial charge in [0.1, 0.15) is 5.82 Å². The minimum absolute atomic E-state index is 0.0137. The molecule has 1 unspecified atom stereocenters. The highest BCUT2D eigenvalue weighted by Gasteiger charge is 2.35. The molecule has 2 aliphatic heterocycles. The highest BCUT2D eigenvalue weighted by Crippen LogP contribution is 2.35. The summed E-state index contributed by atoms with van der Waals surface area (Å²) in [7, 11) is -2.34. The molecular formula is C19H24ClN5O3S. The van der Waals surface area contributed by atoms with Gasteiger partial charge < -0.3 is 9.47 Å². The number of aryl methyl sites for hydroxylation is 1. The molecule has 2 aliphatic rings. The number of nitrogens with one attached hydrogen (secondary N) is 1. The molecular weight excluding hydrogens is 414 g/mol. The molecule has 0 saturated carbocycles.